The Kier molecular flexibility index (Phi) is 4.48. The maximum atomic E-state index is 13.5. The van der Waals surface area contributed by atoms with Crippen LogP contribution in [0.3, 0.4) is 0 Å². The van der Waals surface area contributed by atoms with Gasteiger partial charge in [-0.1, -0.05) is 0 Å². The van der Waals surface area contributed by atoms with Crippen molar-refractivity contribution in [1.29, 1.82) is 5.26 Å². The minimum atomic E-state index is -0.378. The smallest absolute Gasteiger partial charge is 0.124 e. The maximum Gasteiger partial charge on any atom is 0.124 e. The average Bonchev–Trinajstić information content (AvgIpc) is 2.76. The quantitative estimate of drug-likeness (QED) is 0.882. The molecule has 0 aliphatic carbocycles. The predicted octanol–water partition coefficient (Wildman–Crippen LogP) is 1.07. The van der Waals surface area contributed by atoms with Crippen molar-refractivity contribution in [3.05, 3.63) is 35.1 Å². The van der Waals surface area contributed by atoms with Gasteiger partial charge in [0.1, 0.15) is 5.82 Å². The topological polar surface area (TPSA) is 62.3 Å². The Hall–Kier alpha value is -1.48. The SMILES string of the molecule is COCCN1CC(c2cc(F)cc(C#N)c2)[C@H](N)C1. The summed E-state index contributed by atoms with van der Waals surface area (Å²) in [5.74, 6) is -0.309. The number of ether oxygens (including phenoxy) is 1. The minimum absolute atomic E-state index is 0.0369. The molecule has 1 fully saturated rings. The monoisotopic (exact) mass is 263 g/mol. The van der Waals surface area contributed by atoms with E-state index in [1.807, 2.05) is 6.07 Å². The summed E-state index contributed by atoms with van der Waals surface area (Å²) in [5, 5.41) is 8.89. The zero-order chi connectivity index (χ0) is 13.8. The summed E-state index contributed by atoms with van der Waals surface area (Å²) in [4.78, 5) is 2.20. The summed E-state index contributed by atoms with van der Waals surface area (Å²) in [6.45, 7) is 3.03. The van der Waals surface area contributed by atoms with Crippen LogP contribution in [-0.4, -0.2) is 44.3 Å². The summed E-state index contributed by atoms with van der Waals surface area (Å²) >= 11 is 0. The second kappa shape index (κ2) is 6.11. The van der Waals surface area contributed by atoms with Crippen molar-refractivity contribution in [2.45, 2.75) is 12.0 Å². The molecule has 1 aliphatic rings. The van der Waals surface area contributed by atoms with E-state index < -0.39 is 0 Å². The van der Waals surface area contributed by atoms with Crippen LogP contribution in [0, 0.1) is 17.1 Å². The van der Waals surface area contributed by atoms with Crippen LogP contribution in [0.2, 0.25) is 0 Å². The molecule has 102 valence electrons. The normalized spacial score (nSPS) is 23.5. The Morgan fingerprint density at radius 1 is 1.47 bits per heavy atom. The molecule has 19 heavy (non-hydrogen) atoms. The zero-order valence-electron chi connectivity index (χ0n) is 11.0. The molecule has 2 rings (SSSR count). The van der Waals surface area contributed by atoms with Gasteiger partial charge in [-0.05, 0) is 23.8 Å². The molecular weight excluding hydrogens is 245 g/mol. The van der Waals surface area contributed by atoms with E-state index in [1.165, 1.54) is 12.1 Å². The van der Waals surface area contributed by atoms with Gasteiger partial charge in [0.2, 0.25) is 0 Å². The molecule has 0 bridgehead atoms. The van der Waals surface area contributed by atoms with E-state index in [2.05, 4.69) is 4.90 Å². The van der Waals surface area contributed by atoms with Crippen molar-refractivity contribution in [2.24, 2.45) is 5.73 Å². The maximum absolute atomic E-state index is 13.5. The summed E-state index contributed by atoms with van der Waals surface area (Å²) in [6.07, 6.45) is 0. The molecule has 1 aromatic rings. The number of nitriles is 1. The Labute approximate surface area is 112 Å². The first-order valence-electron chi connectivity index (χ1n) is 6.31. The van der Waals surface area contributed by atoms with Gasteiger partial charge in [0, 0.05) is 38.7 Å². The molecule has 2 N–H and O–H groups in total. The highest BCUT2D eigenvalue weighted by Gasteiger charge is 2.31. The van der Waals surface area contributed by atoms with Gasteiger partial charge >= 0.3 is 0 Å². The Balaban J connectivity index is 2.14. The first-order valence-corrected chi connectivity index (χ1v) is 6.31. The lowest BCUT2D eigenvalue weighted by molar-refractivity contribution is 0.160. The predicted molar refractivity (Wildman–Crippen MR) is 70.1 cm³/mol. The van der Waals surface area contributed by atoms with Crippen LogP contribution in [0.5, 0.6) is 0 Å². The van der Waals surface area contributed by atoms with Crippen molar-refractivity contribution >= 4 is 0 Å². The van der Waals surface area contributed by atoms with Gasteiger partial charge in [0.05, 0.1) is 18.2 Å². The van der Waals surface area contributed by atoms with E-state index in [-0.39, 0.29) is 17.8 Å². The lowest BCUT2D eigenvalue weighted by Crippen LogP contribution is -2.30. The fraction of sp³-hybridized carbons (Fsp3) is 0.500. The van der Waals surface area contributed by atoms with Crippen LogP contribution in [-0.2, 0) is 4.74 Å². The summed E-state index contributed by atoms with van der Waals surface area (Å²) in [6, 6.07) is 6.39. The van der Waals surface area contributed by atoms with E-state index in [1.54, 1.807) is 13.2 Å². The number of nitrogens with zero attached hydrogens (tertiary/aromatic N) is 2. The van der Waals surface area contributed by atoms with Crippen LogP contribution in [0.25, 0.3) is 0 Å². The third-order valence-corrected chi connectivity index (χ3v) is 3.53. The summed E-state index contributed by atoms with van der Waals surface area (Å²) in [7, 11) is 1.67. The molecule has 0 aromatic heterocycles. The van der Waals surface area contributed by atoms with Gasteiger partial charge in [0.25, 0.3) is 0 Å². The van der Waals surface area contributed by atoms with Gasteiger partial charge < -0.3 is 10.5 Å². The standard InChI is InChI=1S/C14H18FN3O/c1-19-3-2-18-8-13(14(17)9-18)11-4-10(7-16)5-12(15)6-11/h4-6,13-14H,2-3,8-9,17H2,1H3/t13?,14-/m1/s1. The number of benzene rings is 1. The fourth-order valence-electron chi connectivity index (χ4n) is 2.56. The number of likely N-dealkylation sites (tertiary alicyclic amines) is 1. The first kappa shape index (κ1) is 13.9. The van der Waals surface area contributed by atoms with Gasteiger partial charge in [-0.2, -0.15) is 5.26 Å². The molecule has 2 atom stereocenters. The molecule has 1 saturated heterocycles. The molecule has 4 nitrogen and oxygen atoms in total. The Bertz CT molecular complexity index is 486. The van der Waals surface area contributed by atoms with E-state index in [4.69, 9.17) is 15.7 Å². The van der Waals surface area contributed by atoms with Crippen LogP contribution in [0.1, 0.15) is 17.0 Å². The van der Waals surface area contributed by atoms with E-state index in [0.717, 1.165) is 25.2 Å². The molecule has 0 saturated carbocycles. The molecule has 0 radical (unpaired) electrons. The largest absolute Gasteiger partial charge is 0.383 e. The van der Waals surface area contributed by atoms with Crippen molar-refractivity contribution in [3.63, 3.8) is 0 Å². The zero-order valence-corrected chi connectivity index (χ0v) is 11.0. The second-order valence-corrected chi connectivity index (χ2v) is 4.91. The molecule has 1 aromatic carbocycles. The van der Waals surface area contributed by atoms with Gasteiger partial charge in [-0.3, -0.25) is 4.90 Å². The molecule has 0 amide bonds. The Morgan fingerprint density at radius 2 is 2.26 bits per heavy atom. The van der Waals surface area contributed by atoms with Crippen molar-refractivity contribution in [2.75, 3.05) is 33.4 Å². The molecule has 1 aliphatic heterocycles. The van der Waals surface area contributed by atoms with Crippen molar-refractivity contribution in [1.82, 2.24) is 4.90 Å². The van der Waals surface area contributed by atoms with Crippen LogP contribution in [0.4, 0.5) is 4.39 Å². The molecule has 1 unspecified atom stereocenters. The van der Waals surface area contributed by atoms with E-state index >= 15 is 0 Å². The summed E-state index contributed by atoms with van der Waals surface area (Å²) < 4.78 is 18.5. The van der Waals surface area contributed by atoms with Crippen LogP contribution < -0.4 is 5.73 Å². The molecular formula is C14H18FN3O. The summed E-state index contributed by atoms with van der Waals surface area (Å²) in [5.41, 5.74) is 7.28. The lowest BCUT2D eigenvalue weighted by Gasteiger charge is -2.16. The minimum Gasteiger partial charge on any atom is -0.383 e. The third kappa shape index (κ3) is 3.29. The Morgan fingerprint density at radius 3 is 2.95 bits per heavy atom. The number of nitrogens with two attached hydrogens (primary N) is 1. The molecule has 5 heteroatoms. The van der Waals surface area contributed by atoms with Gasteiger partial charge in [0.15, 0.2) is 0 Å². The molecule has 0 spiro atoms. The highest BCUT2D eigenvalue weighted by molar-refractivity contribution is 5.36. The first-order chi connectivity index (χ1) is 9.13. The van der Waals surface area contributed by atoms with E-state index in [9.17, 15) is 4.39 Å². The average molecular weight is 263 g/mol. The number of methoxy groups -OCH3 is 1. The van der Waals surface area contributed by atoms with Crippen LogP contribution >= 0.6 is 0 Å². The van der Waals surface area contributed by atoms with Gasteiger partial charge in [-0.25, -0.2) is 4.39 Å². The van der Waals surface area contributed by atoms with Gasteiger partial charge in [-0.15, -0.1) is 0 Å². The van der Waals surface area contributed by atoms with E-state index in [0.29, 0.717) is 12.2 Å². The van der Waals surface area contributed by atoms with Crippen LogP contribution in [0.15, 0.2) is 18.2 Å². The lowest BCUT2D eigenvalue weighted by atomic mass is 9.93. The second-order valence-electron chi connectivity index (χ2n) is 4.91. The molecule has 1 heterocycles. The number of halogens is 1. The van der Waals surface area contributed by atoms with Crippen molar-refractivity contribution in [3.8, 4) is 6.07 Å². The third-order valence-electron chi connectivity index (χ3n) is 3.53. The highest BCUT2D eigenvalue weighted by Crippen LogP contribution is 2.27. The number of hydrogen-bond acceptors (Lipinski definition) is 4. The number of hydrogen-bond donors (Lipinski definition) is 1. The fourth-order valence-corrected chi connectivity index (χ4v) is 2.56. The number of rotatable bonds is 4. The van der Waals surface area contributed by atoms with Crippen molar-refractivity contribution < 1.29 is 9.13 Å². The highest BCUT2D eigenvalue weighted by atomic mass is 19.1.